The Balaban J connectivity index is 2.25. The van der Waals surface area contributed by atoms with E-state index < -0.39 is 0 Å². The van der Waals surface area contributed by atoms with E-state index in [1.54, 1.807) is 6.21 Å². The first-order valence-corrected chi connectivity index (χ1v) is 4.28. The highest BCUT2D eigenvalue weighted by Gasteiger charge is 2.13. The number of rotatable bonds is 4. The molecule has 0 aliphatic carbocycles. The lowest BCUT2D eigenvalue weighted by molar-refractivity contribution is -0.131. The van der Waals surface area contributed by atoms with Crippen molar-refractivity contribution in [3.8, 4) is 0 Å². The summed E-state index contributed by atoms with van der Waals surface area (Å²) in [6, 6.07) is 0. The summed E-state index contributed by atoms with van der Waals surface area (Å²) in [5.41, 5.74) is 0. The molecule has 1 N–H and O–H groups in total. The number of hydrogen-bond donors (Lipinski definition) is 1. The second-order valence-electron chi connectivity index (χ2n) is 2.78. The van der Waals surface area contributed by atoms with Crippen molar-refractivity contribution < 1.29 is 9.90 Å². The SMILES string of the molecule is O=C1CCC=NN1CCCCO. The Hall–Kier alpha value is -0.900. The first-order valence-electron chi connectivity index (χ1n) is 4.28. The molecule has 4 nitrogen and oxygen atoms in total. The van der Waals surface area contributed by atoms with Gasteiger partial charge in [-0.2, -0.15) is 5.10 Å². The lowest BCUT2D eigenvalue weighted by Crippen LogP contribution is -2.29. The van der Waals surface area contributed by atoms with Gasteiger partial charge in [-0.05, 0) is 19.3 Å². The Labute approximate surface area is 71.9 Å². The van der Waals surface area contributed by atoms with Crippen LogP contribution in [0.3, 0.4) is 0 Å². The molecule has 0 atom stereocenters. The number of carbonyl (C=O) groups is 1. The van der Waals surface area contributed by atoms with Crippen LogP contribution in [0.25, 0.3) is 0 Å². The van der Waals surface area contributed by atoms with Crippen molar-refractivity contribution in [3.63, 3.8) is 0 Å². The molecule has 4 heteroatoms. The molecular weight excluding hydrogens is 156 g/mol. The lowest BCUT2D eigenvalue weighted by Gasteiger charge is -2.19. The van der Waals surface area contributed by atoms with Gasteiger partial charge in [-0.1, -0.05) is 0 Å². The Bertz CT molecular complexity index is 180. The first-order chi connectivity index (χ1) is 5.84. The van der Waals surface area contributed by atoms with Crippen LogP contribution in [-0.4, -0.2) is 35.4 Å². The molecule has 68 valence electrons. The van der Waals surface area contributed by atoms with E-state index in [1.807, 2.05) is 0 Å². The molecule has 0 saturated carbocycles. The average Bonchev–Trinajstić information content (AvgIpc) is 2.09. The van der Waals surface area contributed by atoms with Gasteiger partial charge in [-0.15, -0.1) is 0 Å². The number of hydrazone groups is 1. The highest BCUT2D eigenvalue weighted by atomic mass is 16.3. The summed E-state index contributed by atoms with van der Waals surface area (Å²) in [5, 5.41) is 14.0. The number of amides is 1. The van der Waals surface area contributed by atoms with E-state index in [-0.39, 0.29) is 12.5 Å². The first kappa shape index (κ1) is 9.19. The van der Waals surface area contributed by atoms with Crippen LogP contribution >= 0.6 is 0 Å². The van der Waals surface area contributed by atoms with Gasteiger partial charge < -0.3 is 5.11 Å². The molecule has 12 heavy (non-hydrogen) atoms. The fourth-order valence-corrected chi connectivity index (χ4v) is 1.09. The monoisotopic (exact) mass is 170 g/mol. The normalized spacial score (nSPS) is 17.1. The number of hydrogen-bond acceptors (Lipinski definition) is 3. The van der Waals surface area contributed by atoms with Crippen molar-refractivity contribution in [2.24, 2.45) is 5.10 Å². The molecule has 1 aliphatic rings. The van der Waals surface area contributed by atoms with Gasteiger partial charge in [0.15, 0.2) is 0 Å². The zero-order valence-electron chi connectivity index (χ0n) is 7.07. The molecule has 1 heterocycles. The number of aliphatic hydroxyl groups is 1. The standard InChI is InChI=1S/C8H14N2O2/c11-7-2-1-6-10-8(12)4-3-5-9-10/h5,11H,1-4,6-7H2. The molecule has 0 aromatic rings. The number of aliphatic hydroxyl groups excluding tert-OH is 1. The van der Waals surface area contributed by atoms with E-state index in [2.05, 4.69) is 5.10 Å². The van der Waals surface area contributed by atoms with Crippen molar-refractivity contribution in [1.29, 1.82) is 0 Å². The van der Waals surface area contributed by atoms with E-state index in [0.29, 0.717) is 13.0 Å². The van der Waals surface area contributed by atoms with Gasteiger partial charge in [0.2, 0.25) is 5.91 Å². The fraction of sp³-hybridized carbons (Fsp3) is 0.750. The van der Waals surface area contributed by atoms with Crippen molar-refractivity contribution in [1.82, 2.24) is 5.01 Å². The van der Waals surface area contributed by atoms with Gasteiger partial charge >= 0.3 is 0 Å². The number of carbonyl (C=O) groups excluding carboxylic acids is 1. The molecule has 1 amide bonds. The Morgan fingerprint density at radius 1 is 1.58 bits per heavy atom. The van der Waals surface area contributed by atoms with Gasteiger partial charge in [-0.25, -0.2) is 5.01 Å². The maximum atomic E-state index is 11.1. The zero-order valence-corrected chi connectivity index (χ0v) is 7.07. The Morgan fingerprint density at radius 3 is 3.08 bits per heavy atom. The third-order valence-electron chi connectivity index (χ3n) is 1.77. The van der Waals surface area contributed by atoms with Crippen LogP contribution in [0.1, 0.15) is 25.7 Å². The third kappa shape index (κ3) is 2.62. The molecule has 0 fully saturated rings. The zero-order chi connectivity index (χ0) is 8.81. The van der Waals surface area contributed by atoms with Gasteiger partial charge in [0.05, 0.1) is 0 Å². The molecule has 0 bridgehead atoms. The maximum Gasteiger partial charge on any atom is 0.243 e. The largest absolute Gasteiger partial charge is 0.396 e. The summed E-state index contributed by atoms with van der Waals surface area (Å²) in [4.78, 5) is 11.1. The van der Waals surface area contributed by atoms with Crippen molar-refractivity contribution in [2.75, 3.05) is 13.2 Å². The van der Waals surface area contributed by atoms with Gasteiger partial charge in [0.1, 0.15) is 0 Å². The smallest absolute Gasteiger partial charge is 0.243 e. The molecule has 0 aromatic heterocycles. The topological polar surface area (TPSA) is 52.9 Å². The third-order valence-corrected chi connectivity index (χ3v) is 1.77. The summed E-state index contributed by atoms with van der Waals surface area (Å²) in [7, 11) is 0. The molecule has 1 rings (SSSR count). The van der Waals surface area contributed by atoms with E-state index in [4.69, 9.17) is 5.11 Å². The highest BCUT2D eigenvalue weighted by molar-refractivity contribution is 5.82. The quantitative estimate of drug-likeness (QED) is 0.619. The molecule has 0 unspecified atom stereocenters. The van der Waals surface area contributed by atoms with Crippen LogP contribution in [-0.2, 0) is 4.79 Å². The Kier molecular flexibility index (Phi) is 3.73. The van der Waals surface area contributed by atoms with Crippen LogP contribution in [0.15, 0.2) is 5.10 Å². The van der Waals surface area contributed by atoms with E-state index >= 15 is 0 Å². The second-order valence-corrected chi connectivity index (χ2v) is 2.78. The lowest BCUT2D eigenvalue weighted by atomic mass is 10.2. The molecule has 0 radical (unpaired) electrons. The average molecular weight is 170 g/mol. The molecule has 1 aliphatic heterocycles. The van der Waals surface area contributed by atoms with Crippen molar-refractivity contribution >= 4 is 12.1 Å². The van der Waals surface area contributed by atoms with Crippen molar-refractivity contribution in [2.45, 2.75) is 25.7 Å². The molecule has 0 aromatic carbocycles. The fourth-order valence-electron chi connectivity index (χ4n) is 1.09. The van der Waals surface area contributed by atoms with E-state index in [1.165, 1.54) is 5.01 Å². The summed E-state index contributed by atoms with van der Waals surface area (Å²) in [6.45, 7) is 0.821. The maximum absolute atomic E-state index is 11.1. The van der Waals surface area contributed by atoms with Gasteiger partial charge in [0, 0.05) is 25.8 Å². The summed E-state index contributed by atoms with van der Waals surface area (Å²) < 4.78 is 0. The molecular formula is C8H14N2O2. The van der Waals surface area contributed by atoms with E-state index in [9.17, 15) is 4.79 Å². The predicted molar refractivity (Wildman–Crippen MR) is 45.8 cm³/mol. The highest BCUT2D eigenvalue weighted by Crippen LogP contribution is 2.05. The minimum Gasteiger partial charge on any atom is -0.396 e. The molecule has 0 saturated heterocycles. The van der Waals surface area contributed by atoms with E-state index in [0.717, 1.165) is 19.3 Å². The summed E-state index contributed by atoms with van der Waals surface area (Å²) in [5.74, 6) is 0.0930. The minimum atomic E-state index is 0.0930. The van der Waals surface area contributed by atoms with Crippen LogP contribution in [0.4, 0.5) is 0 Å². The molecule has 0 spiro atoms. The van der Waals surface area contributed by atoms with Gasteiger partial charge in [-0.3, -0.25) is 4.79 Å². The summed E-state index contributed by atoms with van der Waals surface area (Å²) in [6.07, 6.45) is 4.65. The van der Waals surface area contributed by atoms with Crippen molar-refractivity contribution in [3.05, 3.63) is 0 Å². The van der Waals surface area contributed by atoms with Crippen LogP contribution in [0, 0.1) is 0 Å². The second kappa shape index (κ2) is 4.87. The summed E-state index contributed by atoms with van der Waals surface area (Å²) >= 11 is 0. The predicted octanol–water partition coefficient (Wildman–Crippen LogP) is 0.367. The van der Waals surface area contributed by atoms with Gasteiger partial charge in [0.25, 0.3) is 0 Å². The Morgan fingerprint density at radius 2 is 2.42 bits per heavy atom. The van der Waals surface area contributed by atoms with Crippen LogP contribution in [0.5, 0.6) is 0 Å². The van der Waals surface area contributed by atoms with Crippen LogP contribution < -0.4 is 0 Å². The van der Waals surface area contributed by atoms with Crippen LogP contribution in [0.2, 0.25) is 0 Å². The number of nitrogens with zero attached hydrogens (tertiary/aromatic N) is 2. The minimum absolute atomic E-state index is 0.0930. The number of unbranched alkanes of at least 4 members (excludes halogenated alkanes) is 1.